The Hall–Kier alpha value is -2.36. The van der Waals surface area contributed by atoms with Gasteiger partial charge in [-0.25, -0.2) is 0 Å². The molecule has 0 saturated heterocycles. The number of hydrogen-bond acceptors (Lipinski definition) is 4. The molecule has 0 fully saturated rings. The van der Waals surface area contributed by atoms with E-state index in [1.165, 1.54) is 0 Å². The van der Waals surface area contributed by atoms with Crippen molar-refractivity contribution in [2.24, 2.45) is 0 Å². The molecule has 4 nitrogen and oxygen atoms in total. The summed E-state index contributed by atoms with van der Waals surface area (Å²) in [6, 6.07) is 11.6. The second-order valence-electron chi connectivity index (χ2n) is 4.88. The maximum Gasteiger partial charge on any atom is 0.219 e. The molecule has 2 atom stereocenters. The summed E-state index contributed by atoms with van der Waals surface area (Å²) < 4.78 is 1.99. The van der Waals surface area contributed by atoms with E-state index in [9.17, 15) is 5.26 Å². The van der Waals surface area contributed by atoms with Crippen molar-refractivity contribution in [1.29, 1.82) is 5.26 Å². The fourth-order valence-electron chi connectivity index (χ4n) is 2.64. The maximum absolute atomic E-state index is 9.56. The van der Waals surface area contributed by atoms with Crippen molar-refractivity contribution in [2.75, 3.05) is 0 Å². The molecule has 1 aliphatic rings. The van der Waals surface area contributed by atoms with E-state index in [1.54, 1.807) is 12.4 Å². The predicted molar refractivity (Wildman–Crippen MR) is 88.4 cm³/mol. The lowest BCUT2D eigenvalue weighted by Crippen LogP contribution is -2.52. The molecular weight excluding hydrogens is 312 g/mol. The number of nitriles is 1. The van der Waals surface area contributed by atoms with Gasteiger partial charge in [-0.3, -0.25) is 4.98 Å². The SMILES string of the molecule is N#CC1=C([S-])NC(=S)C([n+]2ccccc2)C1c1cccnc1. The molecule has 1 N–H and O–H groups in total. The Morgan fingerprint density at radius 1 is 1.27 bits per heavy atom. The minimum absolute atomic E-state index is 0.207. The number of hydrogen-bond donors (Lipinski definition) is 1. The van der Waals surface area contributed by atoms with Crippen molar-refractivity contribution in [2.45, 2.75) is 12.0 Å². The largest absolute Gasteiger partial charge is 0.761 e. The third-order valence-corrected chi connectivity index (χ3v) is 4.27. The van der Waals surface area contributed by atoms with Gasteiger partial charge in [-0.1, -0.05) is 29.4 Å². The lowest BCUT2D eigenvalue weighted by Gasteiger charge is -2.33. The quantitative estimate of drug-likeness (QED) is 0.519. The lowest BCUT2D eigenvalue weighted by molar-refractivity contribution is -0.708. The van der Waals surface area contributed by atoms with E-state index >= 15 is 0 Å². The van der Waals surface area contributed by atoms with Crippen LogP contribution in [0.1, 0.15) is 17.5 Å². The van der Waals surface area contributed by atoms with Crippen LogP contribution in [0.15, 0.2) is 65.7 Å². The predicted octanol–water partition coefficient (Wildman–Crippen LogP) is 1.91. The molecule has 3 heterocycles. The normalized spacial score (nSPS) is 21.1. The highest BCUT2D eigenvalue weighted by molar-refractivity contribution is 7.80. The standard InChI is InChI=1S/C16H12N4S2/c17-9-12-13(11-5-4-6-18-10-11)14(16(22)19-15(12)21)20-7-2-1-3-8-20/h1-8,10,13-14H,(H-,19,21,22). The van der Waals surface area contributed by atoms with Crippen LogP contribution < -0.4 is 9.88 Å². The summed E-state index contributed by atoms with van der Waals surface area (Å²) in [6.07, 6.45) is 7.34. The Bertz CT molecular complexity index is 766. The molecule has 0 bridgehead atoms. The van der Waals surface area contributed by atoms with Gasteiger partial charge in [-0.15, -0.1) is 0 Å². The number of allylic oxidation sites excluding steroid dienone is 1. The van der Waals surface area contributed by atoms with Gasteiger partial charge in [0.05, 0.1) is 12.0 Å². The summed E-state index contributed by atoms with van der Waals surface area (Å²) in [5.74, 6) is -0.243. The van der Waals surface area contributed by atoms with Crippen molar-refractivity contribution in [3.05, 3.63) is 71.3 Å². The molecular formula is C16H12N4S2. The lowest BCUT2D eigenvalue weighted by atomic mass is 9.84. The zero-order chi connectivity index (χ0) is 15.5. The van der Waals surface area contributed by atoms with E-state index in [-0.39, 0.29) is 12.0 Å². The Kier molecular flexibility index (Phi) is 4.09. The fraction of sp³-hybridized carbons (Fsp3) is 0.125. The van der Waals surface area contributed by atoms with E-state index < -0.39 is 0 Å². The third kappa shape index (κ3) is 2.56. The molecule has 6 heteroatoms. The first-order valence-corrected chi connectivity index (χ1v) is 7.52. The monoisotopic (exact) mass is 324 g/mol. The van der Waals surface area contributed by atoms with Crippen LogP contribution in [0.2, 0.25) is 0 Å². The number of nitrogens with zero attached hydrogens (tertiary/aromatic N) is 3. The third-order valence-electron chi connectivity index (χ3n) is 3.60. The van der Waals surface area contributed by atoms with Crippen molar-refractivity contribution < 1.29 is 4.57 Å². The van der Waals surface area contributed by atoms with Crippen molar-refractivity contribution in [1.82, 2.24) is 10.3 Å². The molecule has 0 aromatic carbocycles. The van der Waals surface area contributed by atoms with Crippen LogP contribution in [0, 0.1) is 11.3 Å². The summed E-state index contributed by atoms with van der Waals surface area (Å²) in [7, 11) is 0. The Labute approximate surface area is 139 Å². The molecule has 0 aliphatic carbocycles. The Balaban J connectivity index is 2.19. The summed E-state index contributed by atoms with van der Waals surface area (Å²) in [4.78, 5) is 4.77. The van der Waals surface area contributed by atoms with Gasteiger partial charge in [0.25, 0.3) is 0 Å². The second-order valence-corrected chi connectivity index (χ2v) is 5.72. The Morgan fingerprint density at radius 2 is 2.05 bits per heavy atom. The van der Waals surface area contributed by atoms with E-state index in [1.807, 2.05) is 47.3 Å². The van der Waals surface area contributed by atoms with Crippen LogP contribution in [0.5, 0.6) is 0 Å². The summed E-state index contributed by atoms with van der Waals surface area (Å²) in [5, 5.41) is 12.9. The van der Waals surface area contributed by atoms with Crippen molar-refractivity contribution >= 4 is 29.8 Å². The molecule has 3 rings (SSSR count). The van der Waals surface area contributed by atoms with Crippen LogP contribution in [0.4, 0.5) is 0 Å². The number of nitrogens with one attached hydrogen (secondary N) is 1. The van der Waals surface area contributed by atoms with E-state index in [4.69, 9.17) is 24.8 Å². The summed E-state index contributed by atoms with van der Waals surface area (Å²) in [6.45, 7) is 0. The summed E-state index contributed by atoms with van der Waals surface area (Å²) >= 11 is 10.8. The molecule has 0 amide bonds. The molecule has 0 radical (unpaired) electrons. The topological polar surface area (TPSA) is 52.6 Å². The number of pyridine rings is 2. The van der Waals surface area contributed by atoms with Gasteiger partial charge < -0.3 is 17.9 Å². The van der Waals surface area contributed by atoms with E-state index in [0.29, 0.717) is 15.6 Å². The van der Waals surface area contributed by atoms with Gasteiger partial charge in [0.15, 0.2) is 12.4 Å². The second kappa shape index (κ2) is 6.18. The average Bonchev–Trinajstić information content (AvgIpc) is 2.56. The zero-order valence-electron chi connectivity index (χ0n) is 11.5. The highest BCUT2D eigenvalue weighted by Crippen LogP contribution is 2.36. The van der Waals surface area contributed by atoms with Crippen LogP contribution >= 0.6 is 12.2 Å². The molecule has 2 unspecified atom stereocenters. The zero-order valence-corrected chi connectivity index (χ0v) is 13.1. The number of thiocarbonyl (C=S) groups is 1. The molecule has 2 aromatic heterocycles. The first-order valence-electron chi connectivity index (χ1n) is 6.70. The first-order chi connectivity index (χ1) is 10.7. The smallest absolute Gasteiger partial charge is 0.219 e. The summed E-state index contributed by atoms with van der Waals surface area (Å²) in [5.41, 5.74) is 1.43. The van der Waals surface area contributed by atoms with Gasteiger partial charge in [-0.2, -0.15) is 9.83 Å². The minimum Gasteiger partial charge on any atom is -0.761 e. The van der Waals surface area contributed by atoms with Crippen molar-refractivity contribution in [3.8, 4) is 6.07 Å². The number of rotatable bonds is 2. The molecule has 108 valence electrons. The van der Waals surface area contributed by atoms with Crippen LogP contribution in [-0.2, 0) is 12.6 Å². The van der Waals surface area contributed by atoms with Gasteiger partial charge >= 0.3 is 0 Å². The Morgan fingerprint density at radius 3 is 2.68 bits per heavy atom. The average molecular weight is 324 g/mol. The van der Waals surface area contributed by atoms with Gasteiger partial charge in [0, 0.05) is 30.1 Å². The van der Waals surface area contributed by atoms with Crippen LogP contribution in [0.25, 0.3) is 0 Å². The molecule has 1 aliphatic heterocycles. The maximum atomic E-state index is 9.56. The highest BCUT2D eigenvalue weighted by atomic mass is 32.1. The van der Waals surface area contributed by atoms with Gasteiger partial charge in [-0.05, 0) is 11.6 Å². The first kappa shape index (κ1) is 14.6. The van der Waals surface area contributed by atoms with E-state index in [2.05, 4.69) is 16.4 Å². The number of aromatic nitrogens is 2. The highest BCUT2D eigenvalue weighted by Gasteiger charge is 2.40. The van der Waals surface area contributed by atoms with Crippen LogP contribution in [0.3, 0.4) is 0 Å². The van der Waals surface area contributed by atoms with Crippen LogP contribution in [-0.4, -0.2) is 9.97 Å². The molecule has 0 saturated carbocycles. The molecule has 0 spiro atoms. The fourth-order valence-corrected chi connectivity index (χ4v) is 3.34. The minimum atomic E-state index is -0.243. The van der Waals surface area contributed by atoms with E-state index in [0.717, 1.165) is 5.56 Å². The van der Waals surface area contributed by atoms with Crippen molar-refractivity contribution in [3.63, 3.8) is 0 Å². The molecule has 22 heavy (non-hydrogen) atoms. The van der Waals surface area contributed by atoms with Gasteiger partial charge in [0.2, 0.25) is 6.04 Å². The molecule has 2 aromatic rings. The van der Waals surface area contributed by atoms with Gasteiger partial charge in [0.1, 0.15) is 4.99 Å².